The normalized spacial score (nSPS) is 9.07. The van der Waals surface area contributed by atoms with Crippen molar-refractivity contribution in [2.45, 2.75) is 0 Å². The van der Waals surface area contributed by atoms with E-state index in [0.717, 1.165) is 0 Å². The van der Waals surface area contributed by atoms with Gasteiger partial charge in [-0.25, -0.2) is 0 Å². The predicted octanol–water partition coefficient (Wildman–Crippen LogP) is 2.43. The van der Waals surface area contributed by atoms with Crippen LogP contribution in [0, 0.1) is 0 Å². The minimum absolute atomic E-state index is 0. The smallest absolute Gasteiger partial charge is 0.0715 e. The molecule has 0 bridgehead atoms. The zero-order valence-electron chi connectivity index (χ0n) is 20.5. The minimum Gasteiger partial charge on any atom is -0.545 e. The zero-order valence-corrected chi connectivity index (χ0v) is 27.4. The van der Waals surface area contributed by atoms with Crippen molar-refractivity contribution in [1.29, 1.82) is 0 Å². The maximum atomic E-state index is 10.2. The monoisotopic (exact) mass is 828 g/mol. The van der Waals surface area contributed by atoms with Crippen LogP contribution in [-0.4, -0.2) is 51.2 Å². The van der Waals surface area contributed by atoms with Crippen molar-refractivity contribution >= 4 is 97.6 Å². The van der Waals surface area contributed by atoms with Crippen LogP contribution in [0.25, 0.3) is 0 Å². The molecule has 41 heavy (non-hydrogen) atoms. The molecule has 0 aliphatic heterocycles. The number of carboxylic acids is 4. The fourth-order valence-electron chi connectivity index (χ4n) is 2.34. The second-order valence-electron chi connectivity index (χ2n) is 7.18. The first-order valence-corrected chi connectivity index (χ1v) is 12.2. The quantitative estimate of drug-likeness (QED) is 0.284. The van der Waals surface area contributed by atoms with E-state index in [4.69, 9.17) is 46.4 Å². The summed E-state index contributed by atoms with van der Waals surface area (Å²) in [5.41, 5.74) is 0.572. The van der Waals surface area contributed by atoms with Gasteiger partial charge in [0, 0.05) is 47.4 Å². The van der Waals surface area contributed by atoms with Crippen LogP contribution in [0.3, 0.4) is 0 Å². The van der Waals surface area contributed by atoms with E-state index in [1.165, 1.54) is 97.1 Å². The summed E-state index contributed by atoms with van der Waals surface area (Å²) in [6.45, 7) is 0. The van der Waals surface area contributed by atoms with Gasteiger partial charge < -0.3 is 39.6 Å². The molecular weight excluding hydrogens is 813 g/mol. The summed E-state index contributed by atoms with van der Waals surface area (Å²) >= 11 is 22.0. The Hall–Kier alpha value is -3.16. The summed E-state index contributed by atoms with van der Waals surface area (Å²) in [6.07, 6.45) is 0. The summed E-state index contributed by atoms with van der Waals surface area (Å²) in [5, 5.41) is 42.7. The van der Waals surface area contributed by atoms with Gasteiger partial charge in [-0.2, -0.15) is 0 Å². The maximum Gasteiger partial charge on any atom is 0.0715 e. The average Bonchev–Trinajstić information content (AvgIpc) is 2.91. The van der Waals surface area contributed by atoms with Gasteiger partial charge in [-0.15, -0.1) is 0 Å². The van der Waals surface area contributed by atoms with Crippen LogP contribution >= 0.6 is 46.4 Å². The molecule has 4 rings (SSSR count). The van der Waals surface area contributed by atoms with Crippen molar-refractivity contribution < 1.29 is 39.6 Å². The van der Waals surface area contributed by atoms with Crippen molar-refractivity contribution in [1.82, 2.24) is 0 Å². The van der Waals surface area contributed by atoms with Crippen LogP contribution in [-0.2, 0) is 0 Å². The third-order valence-electron chi connectivity index (χ3n) is 4.32. The maximum absolute atomic E-state index is 10.2. The van der Waals surface area contributed by atoms with Crippen molar-refractivity contribution in [2.24, 2.45) is 0 Å². The Labute approximate surface area is 274 Å². The van der Waals surface area contributed by atoms with Crippen LogP contribution in [0.4, 0.5) is 0 Å². The molecule has 4 aromatic carbocycles. The molecular formula is C28H16Cl4O8Pb-4. The molecule has 0 aliphatic rings. The first-order chi connectivity index (χ1) is 18.8. The SMILES string of the molecule is O=C([O-])c1ccc(Cl)cc1.O=C([O-])c1ccc(Cl)cc1.O=C([O-])c1ccc(Cl)cc1.O=C([O-])c1ccc(Cl)cc1.[Pb]. The van der Waals surface area contributed by atoms with Gasteiger partial charge in [0.1, 0.15) is 0 Å². The Kier molecular flexibility index (Phi) is 18.3. The number of aromatic carboxylic acids is 4. The average molecular weight is 829 g/mol. The number of carboxylic acid groups (broad SMARTS) is 4. The number of halogens is 4. The number of carbonyl (C=O) groups is 4. The van der Waals surface area contributed by atoms with Crippen molar-refractivity contribution in [2.75, 3.05) is 0 Å². The van der Waals surface area contributed by atoms with Crippen LogP contribution in [0.15, 0.2) is 97.1 Å². The molecule has 4 aromatic rings. The first kappa shape index (κ1) is 37.8. The molecule has 8 nitrogen and oxygen atoms in total. The molecule has 0 fully saturated rings. The Morgan fingerprint density at radius 3 is 0.561 bits per heavy atom. The standard InChI is InChI=1S/4C7H5ClO2.Pb/c4*8-6-3-1-5(2-4-6)7(9)10;/h4*1-4H,(H,9,10);/p-4. The van der Waals surface area contributed by atoms with Crippen molar-refractivity contribution in [3.63, 3.8) is 0 Å². The topological polar surface area (TPSA) is 161 Å². The Bertz CT molecular complexity index is 1190. The van der Waals surface area contributed by atoms with E-state index in [1.807, 2.05) is 0 Å². The summed E-state index contributed by atoms with van der Waals surface area (Å²) in [5.74, 6) is -4.73. The van der Waals surface area contributed by atoms with E-state index in [9.17, 15) is 39.6 Å². The van der Waals surface area contributed by atoms with Gasteiger partial charge in [0.05, 0.1) is 23.9 Å². The van der Waals surface area contributed by atoms with E-state index in [2.05, 4.69) is 0 Å². The number of carbonyl (C=O) groups excluding carboxylic acids is 4. The van der Waals surface area contributed by atoms with Gasteiger partial charge in [0.15, 0.2) is 0 Å². The van der Waals surface area contributed by atoms with Crippen LogP contribution in [0.2, 0.25) is 20.1 Å². The minimum atomic E-state index is -1.18. The molecule has 0 spiro atoms. The van der Waals surface area contributed by atoms with Gasteiger partial charge in [-0.1, -0.05) is 94.9 Å². The summed E-state index contributed by atoms with van der Waals surface area (Å²) in [7, 11) is 0. The zero-order chi connectivity index (χ0) is 30.2. The molecule has 0 N–H and O–H groups in total. The van der Waals surface area contributed by atoms with Gasteiger partial charge >= 0.3 is 0 Å². The number of rotatable bonds is 4. The fraction of sp³-hybridized carbons (Fsp3) is 0. The fourth-order valence-corrected chi connectivity index (χ4v) is 2.85. The number of hydrogen-bond donors (Lipinski definition) is 0. The molecule has 0 aromatic heterocycles. The predicted molar refractivity (Wildman–Crippen MR) is 149 cm³/mol. The van der Waals surface area contributed by atoms with Crippen molar-refractivity contribution in [3.05, 3.63) is 139 Å². The van der Waals surface area contributed by atoms with E-state index in [0.29, 0.717) is 20.1 Å². The van der Waals surface area contributed by atoms with Gasteiger partial charge in [-0.05, 0) is 70.8 Å². The van der Waals surface area contributed by atoms with Crippen LogP contribution in [0.5, 0.6) is 0 Å². The van der Waals surface area contributed by atoms with Crippen molar-refractivity contribution in [3.8, 4) is 0 Å². The molecule has 0 unspecified atom stereocenters. The van der Waals surface area contributed by atoms with Crippen LogP contribution in [0.1, 0.15) is 41.4 Å². The molecule has 4 radical (unpaired) electrons. The second kappa shape index (κ2) is 19.8. The summed E-state index contributed by atoms with van der Waals surface area (Å²) in [6, 6.07) is 23.3. The van der Waals surface area contributed by atoms with Gasteiger partial charge in [-0.3, -0.25) is 0 Å². The molecule has 0 saturated heterocycles. The van der Waals surface area contributed by atoms with E-state index >= 15 is 0 Å². The molecule has 0 heterocycles. The molecule has 0 amide bonds. The number of benzene rings is 4. The molecule has 212 valence electrons. The van der Waals surface area contributed by atoms with E-state index < -0.39 is 23.9 Å². The largest absolute Gasteiger partial charge is 0.545 e. The molecule has 13 heteroatoms. The first-order valence-electron chi connectivity index (χ1n) is 10.7. The third-order valence-corrected chi connectivity index (χ3v) is 5.33. The molecule has 0 saturated carbocycles. The van der Waals surface area contributed by atoms with Crippen LogP contribution < -0.4 is 20.4 Å². The molecule has 0 atom stereocenters. The third kappa shape index (κ3) is 16.0. The summed E-state index contributed by atoms with van der Waals surface area (Å²) < 4.78 is 0. The molecule has 0 aliphatic carbocycles. The second-order valence-corrected chi connectivity index (χ2v) is 8.92. The van der Waals surface area contributed by atoms with Gasteiger partial charge in [0.25, 0.3) is 0 Å². The van der Waals surface area contributed by atoms with E-state index in [1.54, 1.807) is 0 Å². The number of hydrogen-bond acceptors (Lipinski definition) is 8. The van der Waals surface area contributed by atoms with Gasteiger partial charge in [0.2, 0.25) is 0 Å². The Morgan fingerprint density at radius 2 is 0.463 bits per heavy atom. The Morgan fingerprint density at radius 1 is 0.341 bits per heavy atom. The summed E-state index contributed by atoms with van der Waals surface area (Å²) in [4.78, 5) is 40.6. The Balaban J connectivity index is 0.000000516. The van der Waals surface area contributed by atoms with E-state index in [-0.39, 0.29) is 49.6 Å².